The Kier molecular flexibility index (Phi) is 14.4. The average Bonchev–Trinajstić information content (AvgIpc) is 2.55. The number of carbonyl (C=O) groups excluding carboxylic acids is 3. The lowest BCUT2D eigenvalue weighted by atomic mass is 10.3. The maximum absolute atomic E-state index is 11.5. The summed E-state index contributed by atoms with van der Waals surface area (Å²) in [5, 5.41) is 5.35. The third-order valence-corrected chi connectivity index (χ3v) is 2.80. The first-order chi connectivity index (χ1) is 11.1. The van der Waals surface area contributed by atoms with Gasteiger partial charge in [-0.15, -0.1) is 0 Å². The molecule has 0 saturated heterocycles. The van der Waals surface area contributed by atoms with Gasteiger partial charge in [-0.25, -0.2) is 0 Å². The second-order valence-corrected chi connectivity index (χ2v) is 4.75. The molecular formula is C15H28N2O6. The highest BCUT2D eigenvalue weighted by Crippen LogP contribution is 1.86. The maximum Gasteiger partial charge on any atom is 0.222 e. The largest absolute Gasteiger partial charge is 0.384 e. The second-order valence-electron chi connectivity index (χ2n) is 4.75. The molecule has 0 aliphatic carbocycles. The smallest absolute Gasteiger partial charge is 0.222 e. The summed E-state index contributed by atoms with van der Waals surface area (Å²) in [6.07, 6.45) is 1.02. The highest BCUT2D eigenvalue weighted by Gasteiger charge is 2.03. The maximum atomic E-state index is 11.5. The number of nitrogens with one attached hydrogen (secondary N) is 2. The van der Waals surface area contributed by atoms with E-state index in [1.54, 1.807) is 6.92 Å². The fourth-order valence-corrected chi connectivity index (χ4v) is 1.45. The molecule has 2 N–H and O–H groups in total. The van der Waals surface area contributed by atoms with Crippen LogP contribution in [0.5, 0.6) is 0 Å². The van der Waals surface area contributed by atoms with Crippen LogP contribution in [-0.2, 0) is 28.6 Å². The van der Waals surface area contributed by atoms with Crippen LogP contribution in [-0.4, -0.2) is 70.8 Å². The van der Waals surface area contributed by atoms with E-state index >= 15 is 0 Å². The van der Waals surface area contributed by atoms with Gasteiger partial charge in [0.05, 0.1) is 26.4 Å². The number of methoxy groups -OCH3 is 1. The lowest BCUT2D eigenvalue weighted by Crippen LogP contribution is -2.30. The van der Waals surface area contributed by atoms with E-state index in [4.69, 9.17) is 14.2 Å². The van der Waals surface area contributed by atoms with Crippen LogP contribution >= 0.6 is 0 Å². The van der Waals surface area contributed by atoms with E-state index in [0.717, 1.165) is 0 Å². The lowest BCUT2D eigenvalue weighted by Gasteiger charge is -2.07. The van der Waals surface area contributed by atoms with Crippen molar-refractivity contribution in [3.8, 4) is 0 Å². The second kappa shape index (κ2) is 15.4. The van der Waals surface area contributed by atoms with Crippen LogP contribution in [0.25, 0.3) is 0 Å². The van der Waals surface area contributed by atoms with E-state index in [1.807, 2.05) is 0 Å². The molecular weight excluding hydrogens is 304 g/mol. The highest BCUT2D eigenvalue weighted by atomic mass is 16.5. The van der Waals surface area contributed by atoms with E-state index in [9.17, 15) is 14.4 Å². The number of hydrogen-bond donors (Lipinski definition) is 2. The average molecular weight is 332 g/mol. The van der Waals surface area contributed by atoms with E-state index in [2.05, 4.69) is 10.6 Å². The zero-order valence-corrected chi connectivity index (χ0v) is 14.0. The molecule has 0 atom stereocenters. The summed E-state index contributed by atoms with van der Waals surface area (Å²) in [6, 6.07) is 0. The zero-order valence-electron chi connectivity index (χ0n) is 14.0. The molecule has 0 radical (unpaired) electrons. The summed E-state index contributed by atoms with van der Waals surface area (Å²) in [5.74, 6) is -0.187. The molecule has 0 aromatic carbocycles. The Morgan fingerprint density at radius 3 is 1.96 bits per heavy atom. The Hall–Kier alpha value is -1.51. The number of carbonyl (C=O) groups is 3. The number of ether oxygens (including phenoxy) is 3. The minimum absolute atomic E-state index is 0.0408. The summed E-state index contributed by atoms with van der Waals surface area (Å²) >= 11 is 0. The van der Waals surface area contributed by atoms with Crippen LogP contribution in [0.4, 0.5) is 0 Å². The van der Waals surface area contributed by atoms with Crippen molar-refractivity contribution >= 4 is 17.6 Å². The van der Waals surface area contributed by atoms with E-state index in [0.29, 0.717) is 45.8 Å². The van der Waals surface area contributed by atoms with Gasteiger partial charge in [0.15, 0.2) is 5.78 Å². The third kappa shape index (κ3) is 15.2. The molecule has 23 heavy (non-hydrogen) atoms. The minimum Gasteiger partial charge on any atom is -0.384 e. The first-order valence-corrected chi connectivity index (χ1v) is 7.79. The topological polar surface area (TPSA) is 103 Å². The molecule has 134 valence electrons. The Balaban J connectivity index is 3.33. The van der Waals surface area contributed by atoms with E-state index < -0.39 is 0 Å². The Morgan fingerprint density at radius 2 is 1.39 bits per heavy atom. The molecule has 0 saturated carbocycles. The molecule has 0 aliphatic heterocycles. The first-order valence-electron chi connectivity index (χ1n) is 7.79. The third-order valence-electron chi connectivity index (χ3n) is 2.80. The molecule has 0 bridgehead atoms. The lowest BCUT2D eigenvalue weighted by molar-refractivity contribution is -0.124. The summed E-state index contributed by atoms with van der Waals surface area (Å²) in [5.41, 5.74) is 0. The van der Waals surface area contributed by atoms with Gasteiger partial charge in [-0.1, -0.05) is 6.92 Å². The van der Waals surface area contributed by atoms with E-state index in [1.165, 1.54) is 7.11 Å². The van der Waals surface area contributed by atoms with Crippen LogP contribution in [0.1, 0.15) is 26.2 Å². The van der Waals surface area contributed by atoms with Gasteiger partial charge in [0.2, 0.25) is 11.8 Å². The van der Waals surface area contributed by atoms with Crippen molar-refractivity contribution in [1.29, 1.82) is 0 Å². The van der Waals surface area contributed by atoms with Crippen molar-refractivity contribution in [3.05, 3.63) is 0 Å². The molecule has 0 heterocycles. The van der Waals surface area contributed by atoms with Crippen LogP contribution in [0.3, 0.4) is 0 Å². The van der Waals surface area contributed by atoms with Crippen molar-refractivity contribution in [1.82, 2.24) is 10.6 Å². The van der Waals surface area contributed by atoms with Crippen LogP contribution in [0.15, 0.2) is 0 Å². The van der Waals surface area contributed by atoms with Crippen LogP contribution in [0.2, 0.25) is 0 Å². The van der Waals surface area contributed by atoms with Gasteiger partial charge in [-0.3, -0.25) is 14.4 Å². The van der Waals surface area contributed by atoms with Gasteiger partial charge in [-0.2, -0.15) is 0 Å². The number of Topliss-reactive ketones (excluding diaryl/α,β-unsaturated/α-hetero) is 1. The zero-order chi connectivity index (χ0) is 17.3. The Labute approximate surface area is 137 Å². The van der Waals surface area contributed by atoms with Crippen molar-refractivity contribution in [2.45, 2.75) is 26.2 Å². The molecule has 0 spiro atoms. The minimum atomic E-state index is -0.139. The van der Waals surface area contributed by atoms with Gasteiger partial charge in [0, 0.05) is 39.5 Å². The monoisotopic (exact) mass is 332 g/mol. The van der Waals surface area contributed by atoms with Crippen molar-refractivity contribution < 1.29 is 28.6 Å². The quantitative estimate of drug-likeness (QED) is 0.398. The fourth-order valence-electron chi connectivity index (χ4n) is 1.45. The molecule has 0 fully saturated rings. The number of rotatable bonds is 15. The summed E-state index contributed by atoms with van der Waals surface area (Å²) in [4.78, 5) is 33.7. The molecule has 0 aromatic rings. The summed E-state index contributed by atoms with van der Waals surface area (Å²) in [6.45, 7) is 3.98. The van der Waals surface area contributed by atoms with Crippen LogP contribution in [0, 0.1) is 0 Å². The van der Waals surface area contributed by atoms with Crippen molar-refractivity contribution in [2.75, 3.05) is 53.2 Å². The predicted molar refractivity (Wildman–Crippen MR) is 84.1 cm³/mol. The Bertz CT molecular complexity index is 349. The molecule has 8 heteroatoms. The Morgan fingerprint density at radius 1 is 0.826 bits per heavy atom. The molecule has 0 aliphatic rings. The number of ketones is 1. The normalized spacial score (nSPS) is 10.3. The SMILES string of the molecule is CCC(=O)COCCNC(=O)CCOCCNC(=O)CCOC. The van der Waals surface area contributed by atoms with Gasteiger partial charge in [0.25, 0.3) is 0 Å². The van der Waals surface area contributed by atoms with Gasteiger partial charge >= 0.3 is 0 Å². The number of amides is 2. The predicted octanol–water partition coefficient (Wildman–Crippen LogP) is -0.342. The highest BCUT2D eigenvalue weighted by molar-refractivity contribution is 5.79. The van der Waals surface area contributed by atoms with Gasteiger partial charge in [-0.05, 0) is 0 Å². The number of hydrogen-bond acceptors (Lipinski definition) is 6. The standard InChI is InChI=1S/C15H28N2O6/c1-3-13(18)12-23-11-7-17-15(20)5-9-22-10-6-16-14(19)4-8-21-2/h3-12H2,1-2H3,(H,16,19)(H,17,20). The van der Waals surface area contributed by atoms with Gasteiger partial charge in [0.1, 0.15) is 6.61 Å². The summed E-state index contributed by atoms with van der Waals surface area (Å²) < 4.78 is 15.1. The van der Waals surface area contributed by atoms with Crippen LogP contribution < -0.4 is 10.6 Å². The fraction of sp³-hybridized carbons (Fsp3) is 0.800. The molecule has 0 unspecified atom stereocenters. The first kappa shape index (κ1) is 21.5. The molecule has 0 aromatic heterocycles. The van der Waals surface area contributed by atoms with Crippen molar-refractivity contribution in [3.63, 3.8) is 0 Å². The van der Waals surface area contributed by atoms with Crippen molar-refractivity contribution in [2.24, 2.45) is 0 Å². The molecule has 0 rings (SSSR count). The van der Waals surface area contributed by atoms with E-state index in [-0.39, 0.29) is 37.2 Å². The van der Waals surface area contributed by atoms with Gasteiger partial charge < -0.3 is 24.8 Å². The molecule has 2 amide bonds. The summed E-state index contributed by atoms with van der Waals surface area (Å²) in [7, 11) is 1.54. The molecule has 8 nitrogen and oxygen atoms in total.